The lowest BCUT2D eigenvalue weighted by molar-refractivity contribution is -0.140. The first kappa shape index (κ1) is 20.9. The Bertz CT molecular complexity index is 295. The summed E-state index contributed by atoms with van der Waals surface area (Å²) in [6, 6.07) is 0. The van der Waals surface area contributed by atoms with E-state index < -0.39 is 0 Å². The average Bonchev–Trinajstić information content (AvgIpc) is 2.54. The number of carbonyl (C=O) groups is 1. The highest BCUT2D eigenvalue weighted by Gasteiger charge is 1.98. The number of hydrogen-bond acceptors (Lipinski definition) is 3. The van der Waals surface area contributed by atoms with E-state index >= 15 is 0 Å². The molecule has 0 rings (SSSR count). The van der Waals surface area contributed by atoms with Crippen LogP contribution in [0.4, 0.5) is 0 Å². The van der Waals surface area contributed by atoms with Gasteiger partial charge < -0.3 is 9.84 Å². The van der Waals surface area contributed by atoms with Gasteiger partial charge in [-0.15, -0.1) is 0 Å². The zero-order valence-electron chi connectivity index (χ0n) is 14.3. The van der Waals surface area contributed by atoms with E-state index in [1.807, 2.05) is 0 Å². The molecule has 0 spiro atoms. The van der Waals surface area contributed by atoms with Crippen molar-refractivity contribution in [2.24, 2.45) is 0 Å². The van der Waals surface area contributed by atoms with Gasteiger partial charge in [0.1, 0.15) is 0 Å². The summed E-state index contributed by atoms with van der Waals surface area (Å²) in [6.07, 6.45) is 21.8. The molecular weight excluding hydrogens is 276 g/mol. The van der Waals surface area contributed by atoms with Crippen molar-refractivity contribution in [3.63, 3.8) is 0 Å². The molecule has 3 nitrogen and oxygen atoms in total. The predicted octanol–water partition coefficient (Wildman–Crippen LogP) is 4.95. The Hall–Kier alpha value is -1.09. The minimum Gasteiger partial charge on any atom is -0.469 e. The highest BCUT2D eigenvalue weighted by Crippen LogP contribution is 2.08. The number of unbranched alkanes of at least 4 members (excludes halogenated alkanes) is 8. The van der Waals surface area contributed by atoms with Crippen LogP contribution in [0.5, 0.6) is 0 Å². The van der Waals surface area contributed by atoms with Crippen LogP contribution in [0.15, 0.2) is 24.3 Å². The molecule has 22 heavy (non-hydrogen) atoms. The number of allylic oxidation sites excluding steroid dienone is 4. The van der Waals surface area contributed by atoms with Gasteiger partial charge in [-0.25, -0.2) is 0 Å². The minimum absolute atomic E-state index is 0.0932. The van der Waals surface area contributed by atoms with Crippen molar-refractivity contribution in [3.8, 4) is 0 Å². The quantitative estimate of drug-likeness (QED) is 0.264. The van der Waals surface area contributed by atoms with Gasteiger partial charge in [-0.2, -0.15) is 0 Å². The van der Waals surface area contributed by atoms with Gasteiger partial charge in [0.25, 0.3) is 0 Å². The molecule has 0 aromatic heterocycles. The molecule has 0 saturated heterocycles. The van der Waals surface area contributed by atoms with Gasteiger partial charge in [-0.3, -0.25) is 4.79 Å². The summed E-state index contributed by atoms with van der Waals surface area (Å²) in [6.45, 7) is 0.317. The third-order valence-electron chi connectivity index (χ3n) is 3.61. The molecule has 0 atom stereocenters. The van der Waals surface area contributed by atoms with Crippen LogP contribution in [-0.2, 0) is 9.53 Å². The fourth-order valence-electron chi connectivity index (χ4n) is 2.22. The monoisotopic (exact) mass is 310 g/mol. The van der Waals surface area contributed by atoms with Gasteiger partial charge in [0.15, 0.2) is 0 Å². The van der Waals surface area contributed by atoms with E-state index in [0.717, 1.165) is 44.9 Å². The first-order chi connectivity index (χ1) is 10.8. The Morgan fingerprint density at radius 3 is 1.95 bits per heavy atom. The third-order valence-corrected chi connectivity index (χ3v) is 3.61. The van der Waals surface area contributed by atoms with Crippen molar-refractivity contribution in [2.75, 3.05) is 13.7 Å². The van der Waals surface area contributed by atoms with Crippen molar-refractivity contribution in [3.05, 3.63) is 24.3 Å². The summed E-state index contributed by atoms with van der Waals surface area (Å²) in [5, 5.41) is 8.66. The summed E-state index contributed by atoms with van der Waals surface area (Å²) in [4.78, 5) is 10.9. The van der Waals surface area contributed by atoms with E-state index in [9.17, 15) is 4.79 Å². The van der Waals surface area contributed by atoms with Crippen LogP contribution in [0.3, 0.4) is 0 Å². The highest BCUT2D eigenvalue weighted by atomic mass is 16.5. The summed E-state index contributed by atoms with van der Waals surface area (Å²) in [5.74, 6) is -0.0932. The molecule has 0 fully saturated rings. The number of methoxy groups -OCH3 is 1. The number of aliphatic hydroxyl groups excluding tert-OH is 1. The minimum atomic E-state index is -0.0932. The second-order valence-corrected chi connectivity index (χ2v) is 5.63. The van der Waals surface area contributed by atoms with Gasteiger partial charge in [0.2, 0.25) is 0 Å². The molecule has 0 bridgehead atoms. The maximum atomic E-state index is 10.9. The number of carbonyl (C=O) groups excluding carboxylic acids is 1. The van der Waals surface area contributed by atoms with Gasteiger partial charge in [-0.1, -0.05) is 50.0 Å². The third kappa shape index (κ3) is 17.0. The molecule has 0 radical (unpaired) electrons. The molecule has 0 heterocycles. The smallest absolute Gasteiger partial charge is 0.305 e. The first-order valence-corrected chi connectivity index (χ1v) is 8.79. The summed E-state index contributed by atoms with van der Waals surface area (Å²) >= 11 is 0. The fourth-order valence-corrected chi connectivity index (χ4v) is 2.22. The molecule has 3 heteroatoms. The van der Waals surface area contributed by atoms with Crippen molar-refractivity contribution < 1.29 is 14.6 Å². The van der Waals surface area contributed by atoms with Crippen LogP contribution < -0.4 is 0 Å². The van der Waals surface area contributed by atoms with E-state index in [4.69, 9.17) is 5.11 Å². The highest BCUT2D eigenvalue weighted by molar-refractivity contribution is 5.68. The Balaban J connectivity index is 3.20. The molecule has 0 aliphatic carbocycles. The molecule has 0 saturated carbocycles. The van der Waals surface area contributed by atoms with Crippen LogP contribution in [0.2, 0.25) is 0 Å². The summed E-state index contributed by atoms with van der Waals surface area (Å²) in [7, 11) is 1.45. The number of aliphatic hydroxyl groups is 1. The molecule has 0 aromatic carbocycles. The second-order valence-electron chi connectivity index (χ2n) is 5.63. The van der Waals surface area contributed by atoms with E-state index in [-0.39, 0.29) is 5.97 Å². The Labute approximate surface area is 136 Å². The van der Waals surface area contributed by atoms with Crippen molar-refractivity contribution in [2.45, 2.75) is 77.0 Å². The van der Waals surface area contributed by atoms with E-state index in [1.165, 1.54) is 32.8 Å². The number of rotatable bonds is 15. The lowest BCUT2D eigenvalue weighted by Crippen LogP contribution is -1.98. The topological polar surface area (TPSA) is 46.5 Å². The zero-order chi connectivity index (χ0) is 16.3. The molecule has 0 unspecified atom stereocenters. The molecule has 0 amide bonds. The molecular formula is C19H34O3. The molecule has 0 aliphatic rings. The van der Waals surface area contributed by atoms with Crippen LogP contribution in [-0.4, -0.2) is 24.8 Å². The number of ether oxygens (including phenoxy) is 1. The summed E-state index contributed by atoms with van der Waals surface area (Å²) in [5.41, 5.74) is 0. The van der Waals surface area contributed by atoms with E-state index in [1.54, 1.807) is 0 Å². The molecule has 0 aliphatic heterocycles. The van der Waals surface area contributed by atoms with Gasteiger partial charge in [-0.05, 0) is 44.9 Å². The lowest BCUT2D eigenvalue weighted by atomic mass is 10.1. The molecule has 128 valence electrons. The Kier molecular flexibility index (Phi) is 17.1. The van der Waals surface area contributed by atoms with Crippen LogP contribution >= 0.6 is 0 Å². The molecule has 1 N–H and O–H groups in total. The SMILES string of the molecule is COC(=O)CCCCCCC/C=C/C/C=C/CCCCCO. The predicted molar refractivity (Wildman–Crippen MR) is 92.8 cm³/mol. The van der Waals surface area contributed by atoms with Crippen molar-refractivity contribution in [1.82, 2.24) is 0 Å². The van der Waals surface area contributed by atoms with Crippen LogP contribution in [0.1, 0.15) is 77.0 Å². The van der Waals surface area contributed by atoms with Gasteiger partial charge in [0, 0.05) is 13.0 Å². The number of hydrogen-bond donors (Lipinski definition) is 1. The fraction of sp³-hybridized carbons (Fsp3) is 0.737. The second kappa shape index (κ2) is 18.0. The molecule has 0 aromatic rings. The van der Waals surface area contributed by atoms with Crippen LogP contribution in [0, 0.1) is 0 Å². The normalized spacial score (nSPS) is 11.5. The standard InChI is InChI=1S/C19H34O3/c1-22-19(21)17-15-13-11-9-7-5-3-2-4-6-8-10-12-14-16-18-20/h2-3,6,8,20H,4-5,7,9-18H2,1H3/b3-2+,8-6+. The van der Waals surface area contributed by atoms with E-state index in [2.05, 4.69) is 29.0 Å². The Morgan fingerprint density at radius 2 is 1.36 bits per heavy atom. The van der Waals surface area contributed by atoms with E-state index in [0.29, 0.717) is 13.0 Å². The lowest BCUT2D eigenvalue weighted by Gasteiger charge is -1.99. The summed E-state index contributed by atoms with van der Waals surface area (Å²) < 4.78 is 4.61. The zero-order valence-corrected chi connectivity index (χ0v) is 14.3. The van der Waals surface area contributed by atoms with Crippen LogP contribution in [0.25, 0.3) is 0 Å². The number of esters is 1. The largest absolute Gasteiger partial charge is 0.469 e. The van der Waals surface area contributed by atoms with Gasteiger partial charge in [0.05, 0.1) is 7.11 Å². The van der Waals surface area contributed by atoms with Crippen molar-refractivity contribution in [1.29, 1.82) is 0 Å². The van der Waals surface area contributed by atoms with Crippen molar-refractivity contribution >= 4 is 5.97 Å². The van der Waals surface area contributed by atoms with Gasteiger partial charge >= 0.3 is 5.97 Å². The maximum Gasteiger partial charge on any atom is 0.305 e. The average molecular weight is 310 g/mol. The first-order valence-electron chi connectivity index (χ1n) is 8.79. The maximum absolute atomic E-state index is 10.9. The Morgan fingerprint density at radius 1 is 0.818 bits per heavy atom.